The number of hydrogen-bond acceptors (Lipinski definition) is 1. The van der Waals surface area contributed by atoms with Gasteiger partial charge in [0.1, 0.15) is 5.82 Å². The molecular weight excluding hydrogens is 390 g/mol. The lowest BCUT2D eigenvalue weighted by atomic mass is 10.0. The molecule has 0 radical (unpaired) electrons. The quantitative estimate of drug-likeness (QED) is 0.323. The predicted octanol–water partition coefficient (Wildman–Crippen LogP) is 7.35. The fourth-order valence-corrected chi connectivity index (χ4v) is 4.32. The molecule has 32 heavy (non-hydrogen) atoms. The second kappa shape index (κ2) is 7.71. The summed E-state index contributed by atoms with van der Waals surface area (Å²) in [4.78, 5) is 8.49. The highest BCUT2D eigenvalue weighted by Crippen LogP contribution is 2.35. The van der Waals surface area contributed by atoms with E-state index in [1.807, 2.05) is 24.4 Å². The molecule has 0 atom stereocenters. The molecule has 152 valence electrons. The van der Waals surface area contributed by atoms with Gasteiger partial charge >= 0.3 is 0 Å². The molecule has 0 saturated heterocycles. The molecule has 0 saturated carbocycles. The van der Waals surface area contributed by atoms with Crippen molar-refractivity contribution in [1.82, 2.24) is 14.5 Å². The molecule has 0 aliphatic heterocycles. The molecule has 3 nitrogen and oxygen atoms in total. The second-order valence-corrected chi connectivity index (χ2v) is 7.81. The van der Waals surface area contributed by atoms with Gasteiger partial charge in [-0.15, -0.1) is 0 Å². The van der Waals surface area contributed by atoms with E-state index in [1.165, 1.54) is 0 Å². The van der Waals surface area contributed by atoms with Crippen LogP contribution in [0.15, 0.2) is 121 Å². The van der Waals surface area contributed by atoms with Crippen LogP contribution in [0.2, 0.25) is 0 Å². The number of nitrogens with one attached hydrogen (secondary N) is 1. The fourth-order valence-electron chi connectivity index (χ4n) is 4.32. The largest absolute Gasteiger partial charge is 0.361 e. The molecule has 0 fully saturated rings. The number of hydrogen-bond donors (Lipinski definition) is 1. The molecule has 2 aromatic heterocycles. The van der Waals surface area contributed by atoms with Gasteiger partial charge in [-0.25, -0.2) is 4.98 Å². The van der Waals surface area contributed by atoms with Crippen molar-refractivity contribution in [2.24, 2.45) is 0 Å². The third-order valence-corrected chi connectivity index (χ3v) is 5.81. The average molecular weight is 412 g/mol. The number of imidazole rings is 1. The topological polar surface area (TPSA) is 33.6 Å². The maximum absolute atomic E-state index is 5.18. The van der Waals surface area contributed by atoms with Gasteiger partial charge in [0, 0.05) is 28.7 Å². The summed E-state index contributed by atoms with van der Waals surface area (Å²) < 4.78 is 2.25. The molecule has 0 unspecified atom stereocenters. The first-order valence-corrected chi connectivity index (χ1v) is 10.7. The number of fused-ring (bicyclic) bond motifs is 1. The Labute approximate surface area is 186 Å². The minimum Gasteiger partial charge on any atom is -0.361 e. The standard InChI is InChI=1S/C29H21N3/c1-3-10-21(11-4-1)29-31-28-25(22-12-7-13-23(20-22)26-17-9-19-30-26)16-8-18-27(28)32(29)24-14-5-2-6-15-24/h1-20,30H. The molecule has 2 heterocycles. The first kappa shape index (κ1) is 18.4. The van der Waals surface area contributed by atoms with E-state index in [0.29, 0.717) is 0 Å². The molecule has 0 aliphatic rings. The number of para-hydroxylation sites is 2. The van der Waals surface area contributed by atoms with E-state index in [4.69, 9.17) is 4.98 Å². The van der Waals surface area contributed by atoms with Gasteiger partial charge in [0.05, 0.1) is 11.0 Å². The highest BCUT2D eigenvalue weighted by Gasteiger charge is 2.17. The van der Waals surface area contributed by atoms with Crippen LogP contribution in [0.4, 0.5) is 0 Å². The zero-order valence-electron chi connectivity index (χ0n) is 17.4. The summed E-state index contributed by atoms with van der Waals surface area (Å²) in [5.41, 5.74) is 8.85. The van der Waals surface area contributed by atoms with Gasteiger partial charge in [0.25, 0.3) is 0 Å². The second-order valence-electron chi connectivity index (χ2n) is 7.81. The molecule has 4 aromatic carbocycles. The van der Waals surface area contributed by atoms with Crippen LogP contribution < -0.4 is 0 Å². The Bertz CT molecular complexity index is 1490. The summed E-state index contributed by atoms with van der Waals surface area (Å²) >= 11 is 0. The maximum Gasteiger partial charge on any atom is 0.145 e. The van der Waals surface area contributed by atoms with Crippen molar-refractivity contribution < 1.29 is 0 Å². The van der Waals surface area contributed by atoms with Crippen LogP contribution in [0.5, 0.6) is 0 Å². The number of benzene rings is 4. The van der Waals surface area contributed by atoms with Crippen LogP contribution in [0, 0.1) is 0 Å². The van der Waals surface area contributed by atoms with Crippen LogP contribution in [0.1, 0.15) is 0 Å². The van der Waals surface area contributed by atoms with Gasteiger partial charge in [-0.1, -0.05) is 78.9 Å². The zero-order chi connectivity index (χ0) is 21.3. The normalized spacial score (nSPS) is 11.1. The number of H-pyrrole nitrogens is 1. The van der Waals surface area contributed by atoms with Crippen molar-refractivity contribution in [1.29, 1.82) is 0 Å². The van der Waals surface area contributed by atoms with Crippen LogP contribution >= 0.6 is 0 Å². The lowest BCUT2D eigenvalue weighted by Gasteiger charge is -2.10. The van der Waals surface area contributed by atoms with E-state index < -0.39 is 0 Å². The van der Waals surface area contributed by atoms with Crippen molar-refractivity contribution >= 4 is 11.0 Å². The monoisotopic (exact) mass is 411 g/mol. The van der Waals surface area contributed by atoms with Gasteiger partial charge in [-0.3, -0.25) is 4.57 Å². The molecule has 1 N–H and O–H groups in total. The number of rotatable bonds is 4. The maximum atomic E-state index is 5.18. The van der Waals surface area contributed by atoms with Crippen LogP contribution in [0.3, 0.4) is 0 Å². The summed E-state index contributed by atoms with van der Waals surface area (Å²) in [5.74, 6) is 0.944. The third kappa shape index (κ3) is 3.12. The Kier molecular flexibility index (Phi) is 4.43. The summed E-state index contributed by atoms with van der Waals surface area (Å²) in [7, 11) is 0. The van der Waals surface area contributed by atoms with Gasteiger partial charge < -0.3 is 4.98 Å². The van der Waals surface area contributed by atoms with Crippen LogP contribution in [-0.2, 0) is 0 Å². The lowest BCUT2D eigenvalue weighted by Crippen LogP contribution is -1.97. The lowest BCUT2D eigenvalue weighted by molar-refractivity contribution is 1.10. The van der Waals surface area contributed by atoms with Gasteiger partial charge in [-0.05, 0) is 47.5 Å². The minimum absolute atomic E-state index is 0.944. The van der Waals surface area contributed by atoms with Crippen molar-refractivity contribution in [2.45, 2.75) is 0 Å². The number of aromatic nitrogens is 3. The summed E-state index contributed by atoms with van der Waals surface area (Å²) in [6.45, 7) is 0. The smallest absolute Gasteiger partial charge is 0.145 e. The van der Waals surface area contributed by atoms with Gasteiger partial charge in [0.2, 0.25) is 0 Å². The molecule has 0 spiro atoms. The highest BCUT2D eigenvalue weighted by molar-refractivity contribution is 5.96. The summed E-state index contributed by atoms with van der Waals surface area (Å²) in [6.07, 6.45) is 1.95. The molecular formula is C29H21N3. The molecule has 3 heteroatoms. The summed E-state index contributed by atoms with van der Waals surface area (Å²) in [5, 5.41) is 0. The Morgan fingerprint density at radius 3 is 2.09 bits per heavy atom. The van der Waals surface area contributed by atoms with E-state index >= 15 is 0 Å². The minimum atomic E-state index is 0.944. The number of nitrogens with zero attached hydrogens (tertiary/aromatic N) is 2. The van der Waals surface area contributed by atoms with Crippen molar-refractivity contribution in [3.8, 4) is 39.5 Å². The molecule has 0 aliphatic carbocycles. The molecule has 6 aromatic rings. The van der Waals surface area contributed by atoms with Crippen molar-refractivity contribution in [2.75, 3.05) is 0 Å². The Morgan fingerprint density at radius 1 is 0.594 bits per heavy atom. The Morgan fingerprint density at radius 2 is 1.31 bits per heavy atom. The number of aromatic amines is 1. The molecule has 6 rings (SSSR count). The first-order chi connectivity index (χ1) is 15.9. The molecule has 0 bridgehead atoms. The van der Waals surface area contributed by atoms with Gasteiger partial charge in [-0.2, -0.15) is 0 Å². The van der Waals surface area contributed by atoms with Crippen molar-refractivity contribution in [3.63, 3.8) is 0 Å². The van der Waals surface area contributed by atoms with E-state index in [2.05, 4.69) is 107 Å². The first-order valence-electron chi connectivity index (χ1n) is 10.7. The van der Waals surface area contributed by atoms with Crippen molar-refractivity contribution in [3.05, 3.63) is 121 Å². The molecule has 0 amide bonds. The van der Waals surface area contributed by atoms with Crippen LogP contribution in [-0.4, -0.2) is 14.5 Å². The third-order valence-electron chi connectivity index (χ3n) is 5.81. The highest BCUT2D eigenvalue weighted by atomic mass is 15.1. The summed E-state index contributed by atoms with van der Waals surface area (Å²) in [6, 6.07) is 40.0. The Hall–Kier alpha value is -4.37. The SMILES string of the molecule is c1ccc(-c2nc3c(-c4cccc(-c5ccc[nH]5)c4)cccc3n2-c2ccccc2)cc1. The van der Waals surface area contributed by atoms with E-state index in [9.17, 15) is 0 Å². The Balaban J connectivity index is 1.61. The van der Waals surface area contributed by atoms with E-state index in [1.54, 1.807) is 0 Å². The van der Waals surface area contributed by atoms with E-state index in [-0.39, 0.29) is 0 Å². The van der Waals surface area contributed by atoms with E-state index in [0.717, 1.165) is 50.5 Å². The zero-order valence-corrected chi connectivity index (χ0v) is 17.4. The van der Waals surface area contributed by atoms with Crippen LogP contribution in [0.25, 0.3) is 50.5 Å². The van der Waals surface area contributed by atoms with Gasteiger partial charge in [0.15, 0.2) is 0 Å². The predicted molar refractivity (Wildman–Crippen MR) is 132 cm³/mol. The average Bonchev–Trinajstić information content (AvgIpc) is 3.54. The fraction of sp³-hybridized carbons (Fsp3) is 0.